The van der Waals surface area contributed by atoms with Crippen LogP contribution in [0.4, 0.5) is 0 Å². The average molecular weight is 200 g/mol. The second-order valence-corrected chi connectivity index (χ2v) is 3.52. The van der Waals surface area contributed by atoms with Gasteiger partial charge >= 0.3 is 5.97 Å². The lowest BCUT2D eigenvalue weighted by atomic mass is 9.84. The van der Waals surface area contributed by atoms with Gasteiger partial charge in [0.15, 0.2) is 6.10 Å². The SMILES string of the molecule is CCOC(=O)C(O)C1CCCCC1=O. The van der Waals surface area contributed by atoms with Gasteiger partial charge in [-0.3, -0.25) is 4.79 Å². The van der Waals surface area contributed by atoms with Gasteiger partial charge in [0.25, 0.3) is 0 Å². The summed E-state index contributed by atoms with van der Waals surface area (Å²) in [6, 6.07) is 0. The molecule has 80 valence electrons. The van der Waals surface area contributed by atoms with Crippen LogP contribution in [0.2, 0.25) is 0 Å². The third-order valence-electron chi connectivity index (χ3n) is 2.51. The Morgan fingerprint density at radius 1 is 1.64 bits per heavy atom. The van der Waals surface area contributed by atoms with Crippen molar-refractivity contribution in [1.82, 2.24) is 0 Å². The minimum absolute atomic E-state index is 0.0168. The fourth-order valence-corrected chi connectivity index (χ4v) is 1.74. The molecular weight excluding hydrogens is 184 g/mol. The standard InChI is InChI=1S/C10H16O4/c1-2-14-10(13)9(12)7-5-3-4-6-8(7)11/h7,9,12H,2-6H2,1H3. The van der Waals surface area contributed by atoms with Crippen molar-refractivity contribution in [3.8, 4) is 0 Å². The van der Waals surface area contributed by atoms with Crippen LogP contribution in [0, 0.1) is 5.92 Å². The van der Waals surface area contributed by atoms with Gasteiger partial charge in [0.05, 0.1) is 12.5 Å². The predicted octanol–water partition coefficient (Wildman–Crippen LogP) is 0.670. The van der Waals surface area contributed by atoms with Crippen LogP contribution in [-0.4, -0.2) is 29.6 Å². The van der Waals surface area contributed by atoms with Crippen LogP contribution in [0.25, 0.3) is 0 Å². The highest BCUT2D eigenvalue weighted by Crippen LogP contribution is 2.24. The van der Waals surface area contributed by atoms with Crippen LogP contribution < -0.4 is 0 Å². The molecule has 0 heterocycles. The molecule has 4 heteroatoms. The average Bonchev–Trinajstić information content (AvgIpc) is 2.18. The van der Waals surface area contributed by atoms with Crippen LogP contribution in [0.3, 0.4) is 0 Å². The van der Waals surface area contributed by atoms with Crippen molar-refractivity contribution in [2.24, 2.45) is 5.92 Å². The van der Waals surface area contributed by atoms with E-state index in [0.717, 1.165) is 12.8 Å². The van der Waals surface area contributed by atoms with Crippen molar-refractivity contribution >= 4 is 11.8 Å². The van der Waals surface area contributed by atoms with E-state index in [-0.39, 0.29) is 12.4 Å². The summed E-state index contributed by atoms with van der Waals surface area (Å²) < 4.78 is 4.66. The summed E-state index contributed by atoms with van der Waals surface area (Å²) in [5.41, 5.74) is 0. The number of aliphatic hydroxyl groups is 1. The van der Waals surface area contributed by atoms with Gasteiger partial charge in [-0.1, -0.05) is 6.42 Å². The van der Waals surface area contributed by atoms with Gasteiger partial charge in [-0.2, -0.15) is 0 Å². The fraction of sp³-hybridized carbons (Fsp3) is 0.800. The summed E-state index contributed by atoms with van der Waals surface area (Å²) in [5.74, 6) is -1.23. The summed E-state index contributed by atoms with van der Waals surface area (Å²) in [5, 5.41) is 9.55. The lowest BCUT2D eigenvalue weighted by molar-refractivity contribution is -0.159. The number of aliphatic hydroxyl groups excluding tert-OH is 1. The summed E-state index contributed by atoms with van der Waals surface area (Å²) in [4.78, 5) is 22.5. The minimum Gasteiger partial charge on any atom is -0.464 e. The first kappa shape index (κ1) is 11.2. The van der Waals surface area contributed by atoms with E-state index in [1.807, 2.05) is 0 Å². The van der Waals surface area contributed by atoms with Crippen molar-refractivity contribution in [3.05, 3.63) is 0 Å². The highest BCUT2D eigenvalue weighted by Gasteiger charge is 2.34. The quantitative estimate of drug-likeness (QED) is 0.680. The first-order valence-electron chi connectivity index (χ1n) is 5.04. The van der Waals surface area contributed by atoms with Crippen LogP contribution in [-0.2, 0) is 14.3 Å². The molecular formula is C10H16O4. The molecule has 1 fully saturated rings. The molecule has 0 saturated heterocycles. The number of Topliss-reactive ketones (excluding diaryl/α,β-unsaturated/α-hetero) is 1. The molecule has 2 atom stereocenters. The first-order valence-corrected chi connectivity index (χ1v) is 5.04. The van der Waals surface area contributed by atoms with Crippen LogP contribution >= 0.6 is 0 Å². The smallest absolute Gasteiger partial charge is 0.335 e. The normalized spacial score (nSPS) is 24.4. The maximum atomic E-state index is 11.4. The highest BCUT2D eigenvalue weighted by molar-refractivity contribution is 5.88. The Morgan fingerprint density at radius 2 is 2.36 bits per heavy atom. The van der Waals surface area contributed by atoms with Gasteiger partial charge < -0.3 is 9.84 Å². The Bertz CT molecular complexity index is 224. The summed E-state index contributed by atoms with van der Waals surface area (Å²) in [6.07, 6.45) is 1.57. The molecule has 0 radical (unpaired) electrons. The fourth-order valence-electron chi connectivity index (χ4n) is 1.74. The second kappa shape index (κ2) is 5.10. The van der Waals surface area contributed by atoms with Crippen molar-refractivity contribution in [2.45, 2.75) is 38.7 Å². The van der Waals surface area contributed by atoms with Gasteiger partial charge in [0, 0.05) is 6.42 Å². The number of hydrogen-bond donors (Lipinski definition) is 1. The van der Waals surface area contributed by atoms with Crippen molar-refractivity contribution < 1.29 is 19.4 Å². The summed E-state index contributed by atoms with van der Waals surface area (Å²) in [7, 11) is 0. The van der Waals surface area contributed by atoms with E-state index in [0.29, 0.717) is 12.8 Å². The number of carbonyl (C=O) groups is 2. The van der Waals surface area contributed by atoms with Crippen molar-refractivity contribution in [2.75, 3.05) is 6.61 Å². The molecule has 0 spiro atoms. The molecule has 0 aromatic rings. The Morgan fingerprint density at radius 3 is 2.93 bits per heavy atom. The van der Waals surface area contributed by atoms with E-state index in [1.54, 1.807) is 6.92 Å². The molecule has 1 saturated carbocycles. The zero-order valence-corrected chi connectivity index (χ0v) is 8.36. The maximum Gasteiger partial charge on any atom is 0.335 e. The van der Waals surface area contributed by atoms with E-state index in [1.165, 1.54) is 0 Å². The van der Waals surface area contributed by atoms with Crippen LogP contribution in [0.5, 0.6) is 0 Å². The number of rotatable bonds is 3. The van der Waals surface area contributed by atoms with Gasteiger partial charge in [-0.25, -0.2) is 4.79 Å². The monoisotopic (exact) mass is 200 g/mol. The van der Waals surface area contributed by atoms with Crippen molar-refractivity contribution in [3.63, 3.8) is 0 Å². The van der Waals surface area contributed by atoms with Crippen LogP contribution in [0.15, 0.2) is 0 Å². The molecule has 0 aromatic heterocycles. The molecule has 2 unspecified atom stereocenters. The Hall–Kier alpha value is -0.900. The number of esters is 1. The molecule has 1 aliphatic carbocycles. The number of hydrogen-bond acceptors (Lipinski definition) is 4. The number of ether oxygens (including phenoxy) is 1. The molecule has 0 aromatic carbocycles. The van der Waals surface area contributed by atoms with Crippen LogP contribution in [0.1, 0.15) is 32.6 Å². The van der Waals surface area contributed by atoms with Gasteiger partial charge in [-0.05, 0) is 19.8 Å². The molecule has 1 N–H and O–H groups in total. The molecule has 0 bridgehead atoms. The largest absolute Gasteiger partial charge is 0.464 e. The predicted molar refractivity (Wildman–Crippen MR) is 49.6 cm³/mol. The number of carbonyl (C=O) groups excluding carboxylic acids is 2. The van der Waals surface area contributed by atoms with E-state index < -0.39 is 18.0 Å². The molecule has 14 heavy (non-hydrogen) atoms. The molecule has 0 aliphatic heterocycles. The summed E-state index contributed by atoms with van der Waals surface area (Å²) >= 11 is 0. The highest BCUT2D eigenvalue weighted by atomic mass is 16.5. The second-order valence-electron chi connectivity index (χ2n) is 3.52. The van der Waals surface area contributed by atoms with E-state index >= 15 is 0 Å². The topological polar surface area (TPSA) is 63.6 Å². The van der Waals surface area contributed by atoms with Gasteiger partial charge in [0.1, 0.15) is 5.78 Å². The van der Waals surface area contributed by atoms with Gasteiger partial charge in [-0.15, -0.1) is 0 Å². The third kappa shape index (κ3) is 2.54. The molecule has 4 nitrogen and oxygen atoms in total. The Labute approximate surface area is 83.2 Å². The molecule has 0 amide bonds. The lowest BCUT2D eigenvalue weighted by Gasteiger charge is -2.23. The Kier molecular flexibility index (Phi) is 4.07. The maximum absolute atomic E-state index is 11.4. The first-order chi connectivity index (χ1) is 6.66. The van der Waals surface area contributed by atoms with E-state index in [9.17, 15) is 14.7 Å². The third-order valence-corrected chi connectivity index (χ3v) is 2.51. The zero-order chi connectivity index (χ0) is 10.6. The zero-order valence-electron chi connectivity index (χ0n) is 8.36. The minimum atomic E-state index is -1.26. The number of ketones is 1. The molecule has 1 rings (SSSR count). The molecule has 1 aliphatic rings. The van der Waals surface area contributed by atoms with E-state index in [2.05, 4.69) is 4.74 Å². The van der Waals surface area contributed by atoms with Gasteiger partial charge in [0.2, 0.25) is 0 Å². The Balaban J connectivity index is 2.53. The van der Waals surface area contributed by atoms with E-state index in [4.69, 9.17) is 0 Å². The lowest BCUT2D eigenvalue weighted by Crippen LogP contribution is -2.37. The van der Waals surface area contributed by atoms with Crippen molar-refractivity contribution in [1.29, 1.82) is 0 Å². The summed E-state index contributed by atoms with van der Waals surface area (Å²) in [6.45, 7) is 1.91.